The van der Waals surface area contributed by atoms with Crippen LogP contribution in [0.15, 0.2) is 89.1 Å². The Bertz CT molecular complexity index is 1780. The van der Waals surface area contributed by atoms with Gasteiger partial charge >= 0.3 is 0 Å². The van der Waals surface area contributed by atoms with Gasteiger partial charge in [0.15, 0.2) is 5.78 Å². The van der Waals surface area contributed by atoms with Gasteiger partial charge in [0, 0.05) is 29.6 Å². The molecular formula is C59H98FN3O3. The predicted molar refractivity (Wildman–Crippen MR) is 288 cm³/mol. The van der Waals surface area contributed by atoms with Crippen molar-refractivity contribution in [3.63, 3.8) is 0 Å². The number of halogens is 1. The molecule has 1 aromatic rings. The minimum absolute atomic E-state index is 0.00921. The lowest BCUT2D eigenvalue weighted by Crippen LogP contribution is -2.50. The highest BCUT2D eigenvalue weighted by Crippen LogP contribution is 2.52. The first-order chi connectivity index (χ1) is 31.1. The topological polar surface area (TPSA) is 82.0 Å². The van der Waals surface area contributed by atoms with Gasteiger partial charge in [-0.1, -0.05) is 167 Å². The van der Waals surface area contributed by atoms with Crippen LogP contribution in [0.4, 0.5) is 10.1 Å². The molecule has 2 atom stereocenters. The quantitative estimate of drug-likeness (QED) is 0.0846. The van der Waals surface area contributed by atoms with E-state index in [-0.39, 0.29) is 17.7 Å². The fourth-order valence-electron chi connectivity index (χ4n) is 8.38. The molecule has 2 aliphatic rings. The second-order valence-electron chi connectivity index (χ2n) is 20.0. The summed E-state index contributed by atoms with van der Waals surface area (Å²) in [6.07, 6.45) is 22.2. The van der Waals surface area contributed by atoms with Crippen molar-refractivity contribution in [2.45, 2.75) is 225 Å². The first kappa shape index (κ1) is 62.2. The zero-order chi connectivity index (χ0) is 50.8. The number of carbonyl (C=O) groups is 2. The first-order valence-corrected chi connectivity index (χ1v) is 25.8. The monoisotopic (exact) mass is 916 g/mol. The molecule has 0 bridgehead atoms. The number of Topliss-reactive ketones (excluding diaryl/α,β-unsaturated/α-hetero) is 1. The smallest absolute Gasteiger partial charge is 0.237 e. The van der Waals surface area contributed by atoms with Crippen molar-refractivity contribution in [3.05, 3.63) is 95.3 Å². The number of allylic oxidation sites excluding steroid dienone is 8. The van der Waals surface area contributed by atoms with E-state index in [1.165, 1.54) is 43.7 Å². The van der Waals surface area contributed by atoms with Crippen molar-refractivity contribution >= 4 is 29.2 Å². The minimum Gasteiger partial charge on any atom is -0.385 e. The number of benzene rings is 1. The number of amides is 1. The van der Waals surface area contributed by atoms with Crippen molar-refractivity contribution in [2.75, 3.05) is 4.90 Å². The van der Waals surface area contributed by atoms with E-state index in [1.807, 2.05) is 60.8 Å². The van der Waals surface area contributed by atoms with Crippen molar-refractivity contribution in [2.24, 2.45) is 28.2 Å². The van der Waals surface area contributed by atoms with E-state index in [4.69, 9.17) is 10.1 Å². The number of fused-ring (bicyclic) bond motifs is 1. The number of rotatable bonds is 23. The fourth-order valence-corrected chi connectivity index (χ4v) is 8.38. The molecule has 1 saturated carbocycles. The van der Waals surface area contributed by atoms with E-state index in [2.05, 4.69) is 111 Å². The van der Waals surface area contributed by atoms with Gasteiger partial charge in [-0.2, -0.15) is 0 Å². The van der Waals surface area contributed by atoms with E-state index >= 15 is 0 Å². The molecule has 1 aromatic carbocycles. The zero-order valence-electron chi connectivity index (χ0n) is 45.4. The van der Waals surface area contributed by atoms with Crippen molar-refractivity contribution < 1.29 is 19.1 Å². The molecule has 0 saturated heterocycles. The van der Waals surface area contributed by atoms with Crippen molar-refractivity contribution in [1.82, 2.24) is 5.32 Å². The average Bonchev–Trinajstić information content (AvgIpc) is 3.50. The summed E-state index contributed by atoms with van der Waals surface area (Å²) in [5.41, 5.74) is 6.95. The van der Waals surface area contributed by atoms with Crippen molar-refractivity contribution in [1.29, 1.82) is 0 Å². The number of hydrogen-bond donors (Lipinski definition) is 2. The lowest BCUT2D eigenvalue weighted by molar-refractivity contribution is -0.130. The van der Waals surface area contributed by atoms with Gasteiger partial charge in [0.25, 0.3) is 0 Å². The number of carbonyl (C=O) groups excluding carboxylic acids is 2. The third-order valence-corrected chi connectivity index (χ3v) is 12.9. The second-order valence-corrected chi connectivity index (χ2v) is 20.0. The summed E-state index contributed by atoms with van der Waals surface area (Å²) in [5, 5.41) is 12.3. The molecule has 66 heavy (non-hydrogen) atoms. The Morgan fingerprint density at radius 3 is 2.02 bits per heavy atom. The van der Waals surface area contributed by atoms with Gasteiger partial charge in [0.1, 0.15) is 11.9 Å². The summed E-state index contributed by atoms with van der Waals surface area (Å²) in [6.45, 7) is 43.7. The number of nitrogens with zero attached hydrogens (tertiary/aromatic N) is 2. The summed E-state index contributed by atoms with van der Waals surface area (Å²) in [4.78, 5) is 32.3. The van der Waals surface area contributed by atoms with Crippen LogP contribution in [0.1, 0.15) is 219 Å². The predicted octanol–water partition coefficient (Wildman–Crippen LogP) is 16.9. The molecule has 2 unspecified atom stereocenters. The third-order valence-electron chi connectivity index (χ3n) is 12.9. The Hall–Kier alpha value is -3.84. The van der Waals surface area contributed by atoms with E-state index in [1.54, 1.807) is 12.2 Å². The Morgan fingerprint density at radius 1 is 0.985 bits per heavy atom. The van der Waals surface area contributed by atoms with E-state index < -0.39 is 17.3 Å². The molecule has 7 heteroatoms. The van der Waals surface area contributed by atoms with Crippen LogP contribution in [0, 0.1) is 23.2 Å². The number of nitrogens with one attached hydrogen (secondary N) is 1. The Morgan fingerprint density at radius 2 is 1.58 bits per heavy atom. The molecule has 3 rings (SSSR count). The molecule has 1 heterocycles. The van der Waals surface area contributed by atoms with Crippen LogP contribution in [0.2, 0.25) is 0 Å². The third kappa shape index (κ3) is 19.4. The summed E-state index contributed by atoms with van der Waals surface area (Å²) in [5.74, 6) is 1.40. The maximum atomic E-state index is 14.4. The number of aliphatic hydroxyl groups excluding tert-OH is 1. The summed E-state index contributed by atoms with van der Waals surface area (Å²) >= 11 is 0. The molecule has 0 radical (unpaired) electrons. The zero-order valence-corrected chi connectivity index (χ0v) is 45.4. The largest absolute Gasteiger partial charge is 0.385 e. The molecule has 0 aromatic heterocycles. The molecule has 1 aliphatic heterocycles. The molecule has 1 amide bonds. The van der Waals surface area contributed by atoms with Gasteiger partial charge in [0.05, 0.1) is 16.8 Å². The number of aliphatic hydroxyl groups is 1. The molecule has 6 nitrogen and oxygen atoms in total. The Balaban J connectivity index is 0.00000157. The summed E-state index contributed by atoms with van der Waals surface area (Å²) in [6, 6.07) is 6.76. The van der Waals surface area contributed by atoms with Gasteiger partial charge in [-0.15, -0.1) is 0 Å². The standard InChI is InChI=1S/C39H54FN3O.C8H16O2.C8H18.C4H10/c1-10-16-30-24-32(25-30)43-37-26-31(18-19-33(37)39(20-12-3,21-13-4)38(43)44)27(7)23-36(41-22-14-5)28(8)29(9)42-35(17-11-2)34(40)15-6;1-4-6(3)8(10)7(9)5-2;1-5-7-8(3,4)6-2;1-4(2)3/h11,15,17-19,22-23,26,30,32,42H,6-7,10,12-14,16,20-21,24-25H2,1-5,8-9H3;6-7,9H,4-5H2,1-3H3;5-7H2,1-4H3;4H,1-3H3/b17-11-,29-28+,35-34-,36-23+,41-22?;;;. The van der Waals surface area contributed by atoms with Crippen LogP contribution in [0.5, 0.6) is 0 Å². The average molecular weight is 916 g/mol. The van der Waals surface area contributed by atoms with Crippen LogP contribution in [-0.2, 0) is 15.0 Å². The number of aliphatic imine (C=N–C) groups is 1. The Labute approximate surface area is 405 Å². The SMILES string of the molecule is C=C/C(F)=C(\C=C/C)N/C(C)=C(C)/C(=C\C(=C)c1ccc2c(c1)N(C1CC(CCC)C1)C(=O)C2(CCC)CCC)N=CCC.CC(C)C.CCC(C)C(=O)C(O)CC.CCCC(C)(C)CC. The molecule has 0 spiro atoms. The molecule has 1 fully saturated rings. The van der Waals surface area contributed by atoms with Crippen LogP contribution in [0.3, 0.4) is 0 Å². The highest BCUT2D eigenvalue weighted by atomic mass is 19.1. The van der Waals surface area contributed by atoms with Gasteiger partial charge in [-0.3, -0.25) is 14.6 Å². The minimum atomic E-state index is -0.741. The summed E-state index contributed by atoms with van der Waals surface area (Å²) < 4.78 is 14.4. The van der Waals surface area contributed by atoms with Crippen LogP contribution < -0.4 is 10.2 Å². The van der Waals surface area contributed by atoms with Crippen LogP contribution in [-0.4, -0.2) is 35.2 Å². The lowest BCUT2D eigenvalue weighted by atomic mass is 9.73. The lowest BCUT2D eigenvalue weighted by Gasteiger charge is -2.42. The molecule has 2 N–H and O–H groups in total. The van der Waals surface area contributed by atoms with Gasteiger partial charge in [0.2, 0.25) is 5.91 Å². The first-order valence-electron chi connectivity index (χ1n) is 25.8. The van der Waals surface area contributed by atoms with E-state index in [9.17, 15) is 14.0 Å². The second kappa shape index (κ2) is 32.0. The highest BCUT2D eigenvalue weighted by Gasteiger charge is 2.53. The molecule has 374 valence electrons. The summed E-state index contributed by atoms with van der Waals surface area (Å²) in [7, 11) is 0. The van der Waals surface area contributed by atoms with Crippen molar-refractivity contribution in [3.8, 4) is 0 Å². The Kier molecular flexibility index (Phi) is 30.1. The van der Waals surface area contributed by atoms with Gasteiger partial charge < -0.3 is 15.3 Å². The maximum absolute atomic E-state index is 14.4. The fraction of sp³-hybridized carbons (Fsp3) is 0.644. The van der Waals surface area contributed by atoms with Crippen LogP contribution >= 0.6 is 0 Å². The van der Waals surface area contributed by atoms with Crippen LogP contribution in [0.25, 0.3) is 5.57 Å². The normalized spacial score (nSPS) is 18.4. The number of hydrogen-bond acceptors (Lipinski definition) is 5. The van der Waals surface area contributed by atoms with Gasteiger partial charge in [-0.05, 0) is 136 Å². The number of ketones is 1. The molecule has 1 aliphatic carbocycles. The maximum Gasteiger partial charge on any atom is 0.237 e. The van der Waals surface area contributed by atoms with E-state index in [0.29, 0.717) is 29.4 Å². The highest BCUT2D eigenvalue weighted by molar-refractivity contribution is 6.09. The van der Waals surface area contributed by atoms with Gasteiger partial charge in [-0.25, -0.2) is 4.39 Å². The number of anilines is 1. The van der Waals surface area contributed by atoms with E-state index in [0.717, 1.165) is 91.1 Å². The molecular weight excluding hydrogens is 818 g/mol.